The number of benzene rings is 1. The highest BCUT2D eigenvalue weighted by Crippen LogP contribution is 2.27. The first-order chi connectivity index (χ1) is 8.34. The van der Waals surface area contributed by atoms with Crippen LogP contribution in [0.15, 0.2) is 18.2 Å². The number of nitrogens with one attached hydrogen (secondary N) is 1. The van der Waals surface area contributed by atoms with Crippen molar-refractivity contribution in [2.45, 2.75) is 34.1 Å². The molecule has 0 bridgehead atoms. The minimum absolute atomic E-state index is 0.231. The van der Waals surface area contributed by atoms with Gasteiger partial charge in [-0.1, -0.05) is 27.7 Å². The van der Waals surface area contributed by atoms with Crippen molar-refractivity contribution in [3.05, 3.63) is 23.8 Å². The Morgan fingerprint density at radius 2 is 2.06 bits per heavy atom. The molecule has 0 saturated heterocycles. The van der Waals surface area contributed by atoms with Gasteiger partial charge in [0.25, 0.3) is 0 Å². The largest absolute Gasteiger partial charge is 0.397 e. The van der Waals surface area contributed by atoms with E-state index in [9.17, 15) is 0 Å². The molecule has 3 heteroatoms. The molecule has 0 unspecified atom stereocenters. The van der Waals surface area contributed by atoms with E-state index in [1.54, 1.807) is 12.1 Å². The van der Waals surface area contributed by atoms with Gasteiger partial charge in [-0.15, -0.1) is 0 Å². The van der Waals surface area contributed by atoms with Gasteiger partial charge in [-0.3, -0.25) is 0 Å². The van der Waals surface area contributed by atoms with Gasteiger partial charge in [0.15, 0.2) is 0 Å². The highest BCUT2D eigenvalue weighted by molar-refractivity contribution is 5.68. The van der Waals surface area contributed by atoms with E-state index in [0.717, 1.165) is 18.7 Å². The zero-order valence-corrected chi connectivity index (χ0v) is 11.7. The second-order valence-corrected chi connectivity index (χ2v) is 6.03. The fraction of sp³-hybridized carbons (Fsp3) is 0.533. The molecule has 1 aromatic rings. The molecular formula is C15H23N3. The summed E-state index contributed by atoms with van der Waals surface area (Å²) in [5.74, 6) is 0.681. The van der Waals surface area contributed by atoms with Crippen molar-refractivity contribution in [1.29, 1.82) is 5.26 Å². The number of hydrogen-bond donors (Lipinski definition) is 2. The summed E-state index contributed by atoms with van der Waals surface area (Å²) >= 11 is 0. The molecule has 0 aliphatic heterocycles. The first-order valence-electron chi connectivity index (χ1n) is 6.37. The van der Waals surface area contributed by atoms with E-state index >= 15 is 0 Å². The minimum Gasteiger partial charge on any atom is -0.397 e. The standard InChI is InChI=1S/C15H23N3/c1-11(2)8-15(3,4)10-18-14-6-5-12(9-16)7-13(14)17/h5-7,11,18H,8,10,17H2,1-4H3. The molecule has 3 N–H and O–H groups in total. The van der Waals surface area contributed by atoms with E-state index in [1.807, 2.05) is 6.07 Å². The van der Waals surface area contributed by atoms with Gasteiger partial charge in [-0.25, -0.2) is 0 Å². The van der Waals surface area contributed by atoms with Crippen LogP contribution in [0.3, 0.4) is 0 Å². The molecule has 0 fully saturated rings. The van der Waals surface area contributed by atoms with Crippen LogP contribution in [0.1, 0.15) is 39.7 Å². The normalized spacial score (nSPS) is 11.3. The number of rotatable bonds is 5. The van der Waals surface area contributed by atoms with Gasteiger partial charge in [0, 0.05) is 6.54 Å². The van der Waals surface area contributed by atoms with Gasteiger partial charge in [-0.2, -0.15) is 5.26 Å². The van der Waals surface area contributed by atoms with Crippen LogP contribution < -0.4 is 11.1 Å². The fourth-order valence-electron chi connectivity index (χ4n) is 2.31. The van der Waals surface area contributed by atoms with Crippen molar-refractivity contribution in [2.24, 2.45) is 11.3 Å². The third kappa shape index (κ3) is 4.29. The van der Waals surface area contributed by atoms with E-state index in [2.05, 4.69) is 39.1 Å². The summed E-state index contributed by atoms with van der Waals surface area (Å²) < 4.78 is 0. The first kappa shape index (κ1) is 14.4. The maximum absolute atomic E-state index is 8.79. The van der Waals surface area contributed by atoms with Crippen molar-refractivity contribution in [3.8, 4) is 6.07 Å². The number of nitrogens with zero attached hydrogens (tertiary/aromatic N) is 1. The Kier molecular flexibility index (Phi) is 4.61. The Morgan fingerprint density at radius 3 is 2.56 bits per heavy atom. The Bertz CT molecular complexity index is 442. The lowest BCUT2D eigenvalue weighted by atomic mass is 9.84. The molecule has 1 rings (SSSR count). The van der Waals surface area contributed by atoms with Crippen molar-refractivity contribution in [2.75, 3.05) is 17.6 Å². The lowest BCUT2D eigenvalue weighted by Crippen LogP contribution is -2.25. The maximum atomic E-state index is 8.79. The number of nitriles is 1. The quantitative estimate of drug-likeness (QED) is 0.779. The van der Waals surface area contributed by atoms with Crippen LogP contribution in [-0.2, 0) is 0 Å². The first-order valence-corrected chi connectivity index (χ1v) is 6.37. The molecule has 0 spiro atoms. The van der Waals surface area contributed by atoms with Crippen molar-refractivity contribution < 1.29 is 0 Å². The zero-order valence-electron chi connectivity index (χ0n) is 11.7. The van der Waals surface area contributed by atoms with E-state index in [1.165, 1.54) is 0 Å². The van der Waals surface area contributed by atoms with E-state index in [4.69, 9.17) is 11.0 Å². The summed E-state index contributed by atoms with van der Waals surface area (Å²) in [6.07, 6.45) is 1.16. The van der Waals surface area contributed by atoms with Crippen molar-refractivity contribution in [3.63, 3.8) is 0 Å². The lowest BCUT2D eigenvalue weighted by Gasteiger charge is -2.27. The lowest BCUT2D eigenvalue weighted by molar-refractivity contribution is 0.306. The van der Waals surface area contributed by atoms with Gasteiger partial charge in [0.05, 0.1) is 23.0 Å². The second-order valence-electron chi connectivity index (χ2n) is 6.03. The van der Waals surface area contributed by atoms with Gasteiger partial charge in [0.2, 0.25) is 0 Å². The Hall–Kier alpha value is -1.69. The highest BCUT2D eigenvalue weighted by Gasteiger charge is 2.19. The summed E-state index contributed by atoms with van der Waals surface area (Å²) in [7, 11) is 0. The van der Waals surface area contributed by atoms with Gasteiger partial charge >= 0.3 is 0 Å². The zero-order chi connectivity index (χ0) is 13.8. The molecule has 3 nitrogen and oxygen atoms in total. The SMILES string of the molecule is CC(C)CC(C)(C)CNc1ccc(C#N)cc1N. The van der Waals surface area contributed by atoms with Gasteiger partial charge in [-0.05, 0) is 36.0 Å². The van der Waals surface area contributed by atoms with Crippen molar-refractivity contribution in [1.82, 2.24) is 0 Å². The number of anilines is 2. The molecular weight excluding hydrogens is 222 g/mol. The Morgan fingerprint density at radius 1 is 1.39 bits per heavy atom. The number of nitrogen functional groups attached to an aromatic ring is 1. The Labute approximate surface area is 110 Å². The molecule has 1 aromatic carbocycles. The average Bonchev–Trinajstić information content (AvgIpc) is 2.25. The molecule has 0 heterocycles. The van der Waals surface area contributed by atoms with Crippen LogP contribution in [0.2, 0.25) is 0 Å². The molecule has 0 saturated carbocycles. The average molecular weight is 245 g/mol. The predicted octanol–water partition coefficient (Wildman–Crippen LogP) is 3.62. The van der Waals surface area contributed by atoms with Crippen LogP contribution in [0.4, 0.5) is 11.4 Å². The van der Waals surface area contributed by atoms with Crippen LogP contribution in [0, 0.1) is 22.7 Å². The smallest absolute Gasteiger partial charge is 0.0992 e. The molecule has 0 amide bonds. The molecule has 0 atom stereocenters. The third-order valence-corrected chi connectivity index (χ3v) is 2.90. The second kappa shape index (κ2) is 5.77. The maximum Gasteiger partial charge on any atom is 0.0992 e. The summed E-state index contributed by atoms with van der Waals surface area (Å²) in [5, 5.41) is 12.2. The topological polar surface area (TPSA) is 61.8 Å². The third-order valence-electron chi connectivity index (χ3n) is 2.90. The molecule has 0 aromatic heterocycles. The van der Waals surface area contributed by atoms with Crippen LogP contribution in [0.25, 0.3) is 0 Å². The summed E-state index contributed by atoms with van der Waals surface area (Å²) in [4.78, 5) is 0. The van der Waals surface area contributed by atoms with E-state index in [-0.39, 0.29) is 5.41 Å². The van der Waals surface area contributed by atoms with Crippen LogP contribution in [-0.4, -0.2) is 6.54 Å². The fourth-order valence-corrected chi connectivity index (χ4v) is 2.31. The molecule has 18 heavy (non-hydrogen) atoms. The monoisotopic (exact) mass is 245 g/mol. The van der Waals surface area contributed by atoms with E-state index in [0.29, 0.717) is 17.2 Å². The van der Waals surface area contributed by atoms with Gasteiger partial charge < -0.3 is 11.1 Å². The molecule has 0 aliphatic carbocycles. The Balaban J connectivity index is 2.67. The summed E-state index contributed by atoms with van der Waals surface area (Å²) in [5.41, 5.74) is 8.28. The number of hydrogen-bond acceptors (Lipinski definition) is 3. The predicted molar refractivity (Wildman–Crippen MR) is 77.3 cm³/mol. The number of nitrogens with two attached hydrogens (primary N) is 1. The molecule has 0 aliphatic rings. The van der Waals surface area contributed by atoms with Gasteiger partial charge in [0.1, 0.15) is 0 Å². The van der Waals surface area contributed by atoms with Crippen LogP contribution in [0.5, 0.6) is 0 Å². The van der Waals surface area contributed by atoms with Crippen molar-refractivity contribution >= 4 is 11.4 Å². The molecule has 0 radical (unpaired) electrons. The minimum atomic E-state index is 0.231. The van der Waals surface area contributed by atoms with E-state index < -0.39 is 0 Å². The highest BCUT2D eigenvalue weighted by atomic mass is 14.9. The summed E-state index contributed by atoms with van der Waals surface area (Å²) in [6, 6.07) is 7.45. The summed E-state index contributed by atoms with van der Waals surface area (Å²) in [6.45, 7) is 9.84. The molecule has 98 valence electrons. The van der Waals surface area contributed by atoms with Crippen LogP contribution >= 0.6 is 0 Å².